The number of carbonyl (C=O) groups is 1. The average Bonchev–Trinajstić information content (AvgIpc) is 3.17. The molecular formula is C17H19N3O2S. The molecule has 0 radical (unpaired) electrons. The molecule has 6 heteroatoms. The van der Waals surface area contributed by atoms with Crippen LogP contribution in [0.1, 0.15) is 27.3 Å². The summed E-state index contributed by atoms with van der Waals surface area (Å²) in [6.45, 7) is 3.32. The van der Waals surface area contributed by atoms with Crippen molar-refractivity contribution in [2.24, 2.45) is 0 Å². The molecule has 1 aliphatic heterocycles. The number of hydrogen-bond acceptors (Lipinski definition) is 5. The highest BCUT2D eigenvalue weighted by molar-refractivity contribution is 7.15. The van der Waals surface area contributed by atoms with Crippen LogP contribution in [0.4, 0.5) is 10.8 Å². The maximum absolute atomic E-state index is 12.4. The fraction of sp³-hybridized carbons (Fsp3) is 0.412. The molecule has 120 valence electrons. The molecule has 5 nitrogen and oxygen atoms in total. The minimum Gasteiger partial charge on any atom is -0.378 e. The Balaban J connectivity index is 1.43. The highest BCUT2D eigenvalue weighted by Crippen LogP contribution is 2.30. The van der Waals surface area contributed by atoms with E-state index in [0.29, 0.717) is 5.56 Å². The Kier molecular flexibility index (Phi) is 4.01. The number of aryl methyl sites for hydroxylation is 2. The lowest BCUT2D eigenvalue weighted by atomic mass is 10.2. The molecule has 1 aromatic carbocycles. The zero-order valence-electron chi connectivity index (χ0n) is 12.9. The molecule has 23 heavy (non-hydrogen) atoms. The van der Waals surface area contributed by atoms with Crippen LogP contribution in [0.3, 0.4) is 0 Å². The van der Waals surface area contributed by atoms with Crippen LogP contribution < -0.4 is 10.2 Å². The van der Waals surface area contributed by atoms with Crippen LogP contribution in [0, 0.1) is 0 Å². The summed E-state index contributed by atoms with van der Waals surface area (Å²) in [5.74, 6) is -0.0917. The number of nitrogens with zero attached hydrogens (tertiary/aromatic N) is 2. The second-order valence-electron chi connectivity index (χ2n) is 5.84. The number of fused-ring (bicyclic) bond motifs is 1. The molecule has 0 bridgehead atoms. The van der Waals surface area contributed by atoms with E-state index < -0.39 is 0 Å². The average molecular weight is 329 g/mol. The van der Waals surface area contributed by atoms with Crippen molar-refractivity contribution in [1.29, 1.82) is 0 Å². The van der Waals surface area contributed by atoms with Gasteiger partial charge in [-0.1, -0.05) is 0 Å². The second kappa shape index (κ2) is 6.29. The molecule has 2 heterocycles. The number of carbonyl (C=O) groups excluding carboxylic acids is 1. The number of hydrogen-bond donors (Lipinski definition) is 1. The van der Waals surface area contributed by atoms with Crippen molar-refractivity contribution >= 4 is 28.1 Å². The first kappa shape index (κ1) is 14.7. The van der Waals surface area contributed by atoms with Gasteiger partial charge in [0.05, 0.1) is 18.9 Å². The number of thiazole rings is 1. The van der Waals surface area contributed by atoms with Gasteiger partial charge in [0.1, 0.15) is 0 Å². The lowest BCUT2D eigenvalue weighted by molar-refractivity contribution is 0.102. The Morgan fingerprint density at radius 2 is 1.96 bits per heavy atom. The Hall–Kier alpha value is -1.92. The summed E-state index contributed by atoms with van der Waals surface area (Å²) in [6, 6.07) is 7.76. The first-order valence-electron chi connectivity index (χ1n) is 8.02. The molecule has 0 atom stereocenters. The fourth-order valence-corrected chi connectivity index (χ4v) is 4.10. The first-order chi connectivity index (χ1) is 11.3. The van der Waals surface area contributed by atoms with Gasteiger partial charge in [0.25, 0.3) is 5.91 Å². The van der Waals surface area contributed by atoms with Crippen molar-refractivity contribution in [2.75, 3.05) is 36.5 Å². The number of anilines is 2. The van der Waals surface area contributed by atoms with Crippen molar-refractivity contribution in [3.05, 3.63) is 40.4 Å². The van der Waals surface area contributed by atoms with E-state index in [1.807, 2.05) is 24.3 Å². The monoisotopic (exact) mass is 329 g/mol. The fourth-order valence-electron chi connectivity index (χ4n) is 3.06. The molecule has 0 saturated carbocycles. The SMILES string of the molecule is O=C(Nc1nc2c(s1)CCC2)c1ccc(N2CCOCC2)cc1. The van der Waals surface area contributed by atoms with Crippen LogP contribution in [0.15, 0.2) is 24.3 Å². The van der Waals surface area contributed by atoms with E-state index in [-0.39, 0.29) is 5.91 Å². The van der Waals surface area contributed by atoms with Crippen molar-refractivity contribution < 1.29 is 9.53 Å². The Bertz CT molecular complexity index is 684. The number of morpholine rings is 1. The maximum atomic E-state index is 12.4. The van der Waals surface area contributed by atoms with Crippen molar-refractivity contribution in [2.45, 2.75) is 19.3 Å². The van der Waals surface area contributed by atoms with E-state index in [1.54, 1.807) is 11.3 Å². The lowest BCUT2D eigenvalue weighted by Crippen LogP contribution is -2.36. The molecule has 0 unspecified atom stereocenters. The summed E-state index contributed by atoms with van der Waals surface area (Å²) < 4.78 is 5.36. The van der Waals surface area contributed by atoms with Gasteiger partial charge >= 0.3 is 0 Å². The molecule has 1 N–H and O–H groups in total. The summed E-state index contributed by atoms with van der Waals surface area (Å²) in [4.78, 5) is 20.5. The third-order valence-corrected chi connectivity index (χ3v) is 5.39. The lowest BCUT2D eigenvalue weighted by Gasteiger charge is -2.28. The van der Waals surface area contributed by atoms with Gasteiger partial charge in [-0.05, 0) is 43.5 Å². The number of nitrogens with one attached hydrogen (secondary N) is 1. The summed E-state index contributed by atoms with van der Waals surface area (Å²) in [6.07, 6.45) is 3.32. The molecule has 1 aromatic heterocycles. The van der Waals surface area contributed by atoms with Gasteiger partial charge in [0.2, 0.25) is 0 Å². The third-order valence-electron chi connectivity index (χ3n) is 4.32. The van der Waals surface area contributed by atoms with Gasteiger partial charge in [-0.2, -0.15) is 0 Å². The highest BCUT2D eigenvalue weighted by atomic mass is 32.1. The zero-order valence-corrected chi connectivity index (χ0v) is 13.7. The van der Waals surface area contributed by atoms with Crippen molar-refractivity contribution in [3.8, 4) is 0 Å². The Labute approximate surface area is 139 Å². The van der Waals surface area contributed by atoms with E-state index in [0.717, 1.165) is 55.7 Å². The van der Waals surface area contributed by atoms with E-state index in [2.05, 4.69) is 15.2 Å². The third kappa shape index (κ3) is 3.09. The molecule has 1 amide bonds. The van der Waals surface area contributed by atoms with Gasteiger partial charge in [0, 0.05) is 29.2 Å². The number of rotatable bonds is 3. The molecular weight excluding hydrogens is 310 g/mol. The van der Waals surface area contributed by atoms with E-state index >= 15 is 0 Å². The number of amides is 1. The predicted molar refractivity (Wildman–Crippen MR) is 91.6 cm³/mol. The standard InChI is InChI=1S/C17H19N3O2S/c21-16(19-17-18-14-2-1-3-15(14)23-17)12-4-6-13(7-5-12)20-8-10-22-11-9-20/h4-7H,1-3,8-11H2,(H,18,19,21). The molecule has 2 aliphatic rings. The van der Waals surface area contributed by atoms with Crippen LogP contribution in [0.5, 0.6) is 0 Å². The van der Waals surface area contributed by atoms with Gasteiger partial charge in [-0.15, -0.1) is 11.3 Å². The Morgan fingerprint density at radius 1 is 1.17 bits per heavy atom. The second-order valence-corrected chi connectivity index (χ2v) is 6.93. The highest BCUT2D eigenvalue weighted by Gasteiger charge is 2.18. The maximum Gasteiger partial charge on any atom is 0.257 e. The Morgan fingerprint density at radius 3 is 2.70 bits per heavy atom. The van der Waals surface area contributed by atoms with Crippen molar-refractivity contribution in [3.63, 3.8) is 0 Å². The molecule has 2 aromatic rings. The zero-order chi connectivity index (χ0) is 15.6. The molecule has 1 fully saturated rings. The quantitative estimate of drug-likeness (QED) is 0.941. The summed E-state index contributed by atoms with van der Waals surface area (Å²) >= 11 is 1.61. The van der Waals surface area contributed by atoms with Crippen LogP contribution in [-0.2, 0) is 17.6 Å². The summed E-state index contributed by atoms with van der Waals surface area (Å²) in [7, 11) is 0. The first-order valence-corrected chi connectivity index (χ1v) is 8.84. The van der Waals surface area contributed by atoms with Gasteiger partial charge in [-0.25, -0.2) is 4.98 Å². The smallest absolute Gasteiger partial charge is 0.257 e. The topological polar surface area (TPSA) is 54.5 Å². The van der Waals surface area contributed by atoms with E-state index in [9.17, 15) is 4.79 Å². The largest absolute Gasteiger partial charge is 0.378 e. The molecule has 1 aliphatic carbocycles. The van der Waals surface area contributed by atoms with E-state index in [1.165, 1.54) is 11.3 Å². The van der Waals surface area contributed by atoms with Crippen LogP contribution in [0.2, 0.25) is 0 Å². The summed E-state index contributed by atoms with van der Waals surface area (Å²) in [5.41, 5.74) is 2.96. The molecule has 1 saturated heterocycles. The van der Waals surface area contributed by atoms with Gasteiger partial charge < -0.3 is 9.64 Å². The minimum atomic E-state index is -0.0917. The molecule has 4 rings (SSSR count). The molecule has 0 spiro atoms. The number of aromatic nitrogens is 1. The minimum absolute atomic E-state index is 0.0917. The summed E-state index contributed by atoms with van der Waals surface area (Å²) in [5, 5.41) is 3.64. The van der Waals surface area contributed by atoms with Crippen LogP contribution in [-0.4, -0.2) is 37.2 Å². The van der Waals surface area contributed by atoms with Crippen molar-refractivity contribution in [1.82, 2.24) is 4.98 Å². The number of benzene rings is 1. The normalized spacial score (nSPS) is 17.1. The predicted octanol–water partition coefficient (Wildman–Crippen LogP) is 2.72. The number of ether oxygens (including phenoxy) is 1. The van der Waals surface area contributed by atoms with E-state index in [4.69, 9.17) is 4.74 Å². The van der Waals surface area contributed by atoms with Gasteiger partial charge in [0.15, 0.2) is 5.13 Å². The van der Waals surface area contributed by atoms with Crippen LogP contribution in [0.25, 0.3) is 0 Å². The van der Waals surface area contributed by atoms with Gasteiger partial charge in [-0.3, -0.25) is 10.1 Å². The van der Waals surface area contributed by atoms with Crippen LogP contribution >= 0.6 is 11.3 Å².